The van der Waals surface area contributed by atoms with Crippen LogP contribution in [0.5, 0.6) is 0 Å². The van der Waals surface area contributed by atoms with Gasteiger partial charge in [-0.2, -0.15) is 0 Å². The molecule has 12 heavy (non-hydrogen) atoms. The largest absolute Gasteiger partial charge is 0.336 e. The van der Waals surface area contributed by atoms with Crippen molar-refractivity contribution in [1.29, 1.82) is 0 Å². The van der Waals surface area contributed by atoms with Gasteiger partial charge in [0.15, 0.2) is 0 Å². The molecule has 0 saturated heterocycles. The zero-order chi connectivity index (χ0) is 9.24. The minimum absolute atomic E-state index is 0.383. The maximum Gasteiger partial charge on any atom is 0.336 e. The van der Waals surface area contributed by atoms with Crippen LogP contribution in [0.3, 0.4) is 0 Å². The van der Waals surface area contributed by atoms with Crippen molar-refractivity contribution in [3.05, 3.63) is 12.2 Å². The van der Waals surface area contributed by atoms with Gasteiger partial charge in [-0.05, 0) is 20.8 Å². The van der Waals surface area contributed by atoms with E-state index in [2.05, 4.69) is 0 Å². The summed E-state index contributed by atoms with van der Waals surface area (Å²) in [6.07, 6.45) is 3.65. The van der Waals surface area contributed by atoms with Crippen LogP contribution in [0.25, 0.3) is 0 Å². The van der Waals surface area contributed by atoms with Crippen molar-refractivity contribution in [3.8, 4) is 0 Å². The van der Waals surface area contributed by atoms with Gasteiger partial charge >= 0.3 is 7.60 Å². The first-order chi connectivity index (χ1) is 5.46. The zero-order valence-corrected chi connectivity index (χ0v) is 8.64. The monoisotopic (exact) mass is 190 g/mol. The van der Waals surface area contributed by atoms with Crippen LogP contribution < -0.4 is 0 Å². The van der Waals surface area contributed by atoms with Crippen LogP contribution in [0.15, 0.2) is 12.2 Å². The van der Waals surface area contributed by atoms with Gasteiger partial charge in [0.25, 0.3) is 0 Å². The van der Waals surface area contributed by atoms with E-state index in [4.69, 9.17) is 9.05 Å². The fraction of sp³-hybridized carbons (Fsp3) is 0.750. The van der Waals surface area contributed by atoms with Gasteiger partial charge in [-0.25, -0.2) is 0 Å². The van der Waals surface area contributed by atoms with E-state index in [0.717, 1.165) is 0 Å². The molecular formula is C8H15O3P. The summed E-state index contributed by atoms with van der Waals surface area (Å²) in [7, 11) is -2.90. The molecule has 0 aromatic rings. The fourth-order valence-corrected chi connectivity index (χ4v) is 2.26. The first-order valence-corrected chi connectivity index (χ1v) is 5.54. The number of hydrogen-bond acceptors (Lipinski definition) is 3. The molecule has 0 bridgehead atoms. The second kappa shape index (κ2) is 3.33. The molecule has 0 amide bonds. The Morgan fingerprint density at radius 2 is 1.58 bits per heavy atom. The average molecular weight is 190 g/mol. The summed E-state index contributed by atoms with van der Waals surface area (Å²) in [6, 6.07) is 0. The summed E-state index contributed by atoms with van der Waals surface area (Å²) in [5.41, 5.74) is 0. The van der Waals surface area contributed by atoms with Crippen molar-refractivity contribution in [3.63, 3.8) is 0 Å². The Morgan fingerprint density at radius 1 is 1.17 bits per heavy atom. The minimum Gasteiger partial charge on any atom is -0.304 e. The highest BCUT2D eigenvalue weighted by molar-refractivity contribution is 7.55. The molecule has 0 radical (unpaired) electrons. The first kappa shape index (κ1) is 9.97. The molecule has 0 fully saturated rings. The lowest BCUT2D eigenvalue weighted by molar-refractivity contribution is 0.227. The van der Waals surface area contributed by atoms with Gasteiger partial charge in [-0.3, -0.25) is 4.57 Å². The van der Waals surface area contributed by atoms with E-state index in [1.54, 1.807) is 0 Å². The smallest absolute Gasteiger partial charge is 0.304 e. The molecule has 0 aromatic carbocycles. The lowest BCUT2D eigenvalue weighted by atomic mass is 10.3. The second-order valence-corrected chi connectivity index (χ2v) is 6.58. The number of hydrogen-bond donors (Lipinski definition) is 0. The van der Waals surface area contributed by atoms with Gasteiger partial charge in [-0.1, -0.05) is 12.2 Å². The average Bonchev–Trinajstić information content (AvgIpc) is 2.12. The quantitative estimate of drug-likeness (QED) is 0.435. The van der Waals surface area contributed by atoms with E-state index in [1.807, 2.05) is 32.9 Å². The molecule has 0 saturated carbocycles. The Labute approximate surface area is 73.3 Å². The fourth-order valence-electron chi connectivity index (χ4n) is 0.843. The van der Waals surface area contributed by atoms with Gasteiger partial charge in [0.1, 0.15) is 0 Å². The molecule has 1 aliphatic rings. The molecule has 3 nitrogen and oxygen atoms in total. The third-order valence-electron chi connectivity index (χ3n) is 1.67. The Kier molecular flexibility index (Phi) is 2.77. The van der Waals surface area contributed by atoms with E-state index in [9.17, 15) is 4.57 Å². The highest BCUT2D eigenvalue weighted by atomic mass is 31.2. The van der Waals surface area contributed by atoms with E-state index in [-0.39, 0.29) is 0 Å². The predicted octanol–water partition coefficient (Wildman–Crippen LogP) is 2.58. The lowest BCUT2D eigenvalue weighted by Crippen LogP contribution is -2.18. The molecule has 1 rings (SSSR count). The molecule has 0 atom stereocenters. The second-order valence-electron chi connectivity index (χ2n) is 3.73. The molecular weight excluding hydrogens is 175 g/mol. The molecule has 1 heterocycles. The summed E-state index contributed by atoms with van der Waals surface area (Å²) < 4.78 is 22.4. The van der Waals surface area contributed by atoms with Crippen molar-refractivity contribution in [2.75, 3.05) is 13.2 Å². The Balaban J connectivity index is 2.78. The van der Waals surface area contributed by atoms with E-state index in [0.29, 0.717) is 13.2 Å². The predicted molar refractivity (Wildman–Crippen MR) is 48.4 cm³/mol. The summed E-state index contributed by atoms with van der Waals surface area (Å²) >= 11 is 0. The summed E-state index contributed by atoms with van der Waals surface area (Å²) in [5, 5.41) is -0.432. The molecule has 4 heteroatoms. The van der Waals surface area contributed by atoms with Crippen molar-refractivity contribution >= 4 is 7.60 Å². The van der Waals surface area contributed by atoms with Gasteiger partial charge in [0, 0.05) is 0 Å². The van der Waals surface area contributed by atoms with Gasteiger partial charge < -0.3 is 9.05 Å². The summed E-state index contributed by atoms with van der Waals surface area (Å²) in [6.45, 7) is 6.35. The Bertz CT molecular complexity index is 213. The SMILES string of the molecule is CC(C)(C)P1(=O)OCC=CCO1. The Morgan fingerprint density at radius 3 is 1.92 bits per heavy atom. The van der Waals surface area contributed by atoms with Crippen LogP contribution in [-0.4, -0.2) is 18.4 Å². The Hall–Kier alpha value is -0.110. The maximum atomic E-state index is 12.0. The maximum absolute atomic E-state index is 12.0. The lowest BCUT2D eigenvalue weighted by Gasteiger charge is -2.27. The van der Waals surface area contributed by atoms with Crippen LogP contribution in [0.2, 0.25) is 0 Å². The van der Waals surface area contributed by atoms with Crippen LogP contribution in [-0.2, 0) is 13.6 Å². The van der Waals surface area contributed by atoms with Crippen molar-refractivity contribution in [2.24, 2.45) is 0 Å². The van der Waals surface area contributed by atoms with E-state index < -0.39 is 12.8 Å². The molecule has 0 spiro atoms. The first-order valence-electron chi connectivity index (χ1n) is 4.00. The van der Waals surface area contributed by atoms with Crippen LogP contribution >= 0.6 is 7.60 Å². The molecule has 0 N–H and O–H groups in total. The molecule has 70 valence electrons. The summed E-state index contributed by atoms with van der Waals surface area (Å²) in [4.78, 5) is 0. The topological polar surface area (TPSA) is 35.5 Å². The van der Waals surface area contributed by atoms with Crippen molar-refractivity contribution in [1.82, 2.24) is 0 Å². The van der Waals surface area contributed by atoms with Crippen molar-refractivity contribution in [2.45, 2.75) is 25.9 Å². The molecule has 0 aromatic heterocycles. The molecule has 0 unspecified atom stereocenters. The van der Waals surface area contributed by atoms with E-state index >= 15 is 0 Å². The molecule has 0 aliphatic carbocycles. The molecule has 1 aliphatic heterocycles. The zero-order valence-electron chi connectivity index (χ0n) is 7.74. The normalized spacial score (nSPS) is 23.6. The highest BCUT2D eigenvalue weighted by Gasteiger charge is 2.39. The van der Waals surface area contributed by atoms with Gasteiger partial charge in [-0.15, -0.1) is 0 Å². The standard InChI is InChI=1S/C8H15O3P/c1-8(2,3)12(9)10-6-4-5-7-11-12/h4-5H,6-7H2,1-3H3. The van der Waals surface area contributed by atoms with Gasteiger partial charge in [0.2, 0.25) is 0 Å². The van der Waals surface area contributed by atoms with E-state index in [1.165, 1.54) is 0 Å². The third kappa shape index (κ3) is 1.98. The number of rotatable bonds is 0. The third-order valence-corrected chi connectivity index (χ3v) is 4.29. The van der Waals surface area contributed by atoms with Crippen LogP contribution in [0, 0.1) is 0 Å². The van der Waals surface area contributed by atoms with Crippen LogP contribution in [0.4, 0.5) is 0 Å². The van der Waals surface area contributed by atoms with Gasteiger partial charge in [0.05, 0.1) is 18.4 Å². The van der Waals surface area contributed by atoms with Crippen molar-refractivity contribution < 1.29 is 13.6 Å². The highest BCUT2D eigenvalue weighted by Crippen LogP contribution is 2.59. The van der Waals surface area contributed by atoms with Crippen LogP contribution in [0.1, 0.15) is 20.8 Å². The summed E-state index contributed by atoms with van der Waals surface area (Å²) in [5.74, 6) is 0. The minimum atomic E-state index is -2.90.